The highest BCUT2D eigenvalue weighted by molar-refractivity contribution is 6.02. The summed E-state index contributed by atoms with van der Waals surface area (Å²) in [6.07, 6.45) is 3.35. The first kappa shape index (κ1) is 20.3. The van der Waals surface area contributed by atoms with Gasteiger partial charge in [-0.3, -0.25) is 4.79 Å². The van der Waals surface area contributed by atoms with E-state index in [2.05, 4.69) is 46.6 Å². The number of aryl methyl sites for hydroxylation is 2. The molecule has 1 aromatic heterocycles. The molecule has 0 atom stereocenters. The Bertz CT molecular complexity index is 986. The summed E-state index contributed by atoms with van der Waals surface area (Å²) in [5.41, 5.74) is 5.68. The van der Waals surface area contributed by atoms with Crippen LogP contribution < -0.4 is 10.6 Å². The molecule has 148 valence electrons. The molecule has 29 heavy (non-hydrogen) atoms. The molecule has 1 amide bonds. The van der Waals surface area contributed by atoms with E-state index in [0.29, 0.717) is 11.9 Å². The molecule has 5 heteroatoms. The van der Waals surface area contributed by atoms with E-state index >= 15 is 0 Å². The zero-order chi connectivity index (χ0) is 20.8. The van der Waals surface area contributed by atoms with Crippen molar-refractivity contribution in [1.82, 2.24) is 9.97 Å². The predicted molar refractivity (Wildman–Crippen MR) is 119 cm³/mol. The number of nitrogens with zero attached hydrogens (tertiary/aromatic N) is 2. The van der Waals surface area contributed by atoms with Crippen LogP contribution in [0.3, 0.4) is 0 Å². The molecule has 3 rings (SSSR count). The Morgan fingerprint density at radius 1 is 0.897 bits per heavy atom. The minimum atomic E-state index is -0.170. The van der Waals surface area contributed by atoms with Gasteiger partial charge in [-0.2, -0.15) is 0 Å². The predicted octanol–water partition coefficient (Wildman–Crippen LogP) is 5.61. The van der Waals surface area contributed by atoms with Crippen LogP contribution in [0.15, 0.2) is 60.7 Å². The van der Waals surface area contributed by atoms with Crippen molar-refractivity contribution in [2.45, 2.75) is 33.6 Å². The van der Waals surface area contributed by atoms with Crippen LogP contribution >= 0.6 is 0 Å². The van der Waals surface area contributed by atoms with Crippen molar-refractivity contribution in [3.05, 3.63) is 83.2 Å². The second-order valence-corrected chi connectivity index (χ2v) is 7.32. The Kier molecular flexibility index (Phi) is 6.39. The van der Waals surface area contributed by atoms with Crippen molar-refractivity contribution in [3.63, 3.8) is 0 Å². The van der Waals surface area contributed by atoms with E-state index in [1.165, 1.54) is 5.56 Å². The molecular weight excluding hydrogens is 360 g/mol. The molecule has 3 aromatic rings. The van der Waals surface area contributed by atoms with Crippen molar-refractivity contribution in [3.8, 4) is 0 Å². The van der Waals surface area contributed by atoms with E-state index in [1.54, 1.807) is 6.08 Å². The van der Waals surface area contributed by atoms with Crippen molar-refractivity contribution < 1.29 is 4.79 Å². The number of hydrogen-bond acceptors (Lipinski definition) is 4. The largest absolute Gasteiger partial charge is 0.324 e. The van der Waals surface area contributed by atoms with E-state index in [1.807, 2.05) is 62.4 Å². The minimum Gasteiger partial charge on any atom is -0.324 e. The van der Waals surface area contributed by atoms with Crippen LogP contribution in [0.5, 0.6) is 0 Å². The first-order valence-corrected chi connectivity index (χ1v) is 9.67. The molecule has 1 heterocycles. The Morgan fingerprint density at radius 2 is 1.48 bits per heavy atom. The molecule has 0 aliphatic rings. The summed E-state index contributed by atoms with van der Waals surface area (Å²) in [5.74, 6) is 0.886. The van der Waals surface area contributed by atoms with Gasteiger partial charge in [-0.15, -0.1) is 0 Å². The lowest BCUT2D eigenvalue weighted by atomic mass is 10.0. The summed E-state index contributed by atoms with van der Waals surface area (Å²) in [6.45, 7) is 8.19. The van der Waals surface area contributed by atoms with Gasteiger partial charge in [-0.05, 0) is 67.3 Å². The molecular formula is C24H26N4O. The van der Waals surface area contributed by atoms with Crippen LogP contribution in [-0.4, -0.2) is 15.9 Å². The quantitative estimate of drug-likeness (QED) is 0.540. The molecule has 2 N–H and O–H groups in total. The molecule has 0 bridgehead atoms. The van der Waals surface area contributed by atoms with Crippen molar-refractivity contribution >= 4 is 29.3 Å². The van der Waals surface area contributed by atoms with Gasteiger partial charge in [0.2, 0.25) is 11.9 Å². The lowest BCUT2D eigenvalue weighted by molar-refractivity contribution is -0.111. The monoisotopic (exact) mass is 386 g/mol. The number of nitrogens with one attached hydrogen (secondary N) is 2. The van der Waals surface area contributed by atoms with E-state index in [9.17, 15) is 4.79 Å². The number of aromatic nitrogens is 2. The van der Waals surface area contributed by atoms with Gasteiger partial charge in [0.15, 0.2) is 0 Å². The highest BCUT2D eigenvalue weighted by Gasteiger charge is 2.02. The summed E-state index contributed by atoms with van der Waals surface area (Å²) in [6, 6.07) is 17.6. The standard InChI is InChI=1S/C24H26N4O/c1-16(2)20-8-5-19(6-9-20)7-14-23(29)27-21-10-12-22(13-11-21)28-24-25-17(3)15-18(4)26-24/h5-16H,1-4H3,(H,27,29)(H,25,26,28)/b14-7+. The number of anilines is 3. The maximum Gasteiger partial charge on any atom is 0.248 e. The number of amides is 1. The fourth-order valence-corrected chi connectivity index (χ4v) is 2.90. The summed E-state index contributed by atoms with van der Waals surface area (Å²) in [5, 5.41) is 6.04. The van der Waals surface area contributed by atoms with Crippen LogP contribution in [0.2, 0.25) is 0 Å². The van der Waals surface area contributed by atoms with Crippen LogP contribution in [0.1, 0.15) is 42.3 Å². The molecule has 0 radical (unpaired) electrons. The van der Waals surface area contributed by atoms with E-state index in [-0.39, 0.29) is 5.91 Å². The van der Waals surface area contributed by atoms with E-state index in [4.69, 9.17) is 0 Å². The number of hydrogen-bond donors (Lipinski definition) is 2. The molecule has 0 aliphatic heterocycles. The lowest BCUT2D eigenvalue weighted by Crippen LogP contribution is -2.07. The van der Waals surface area contributed by atoms with Crippen LogP contribution in [0, 0.1) is 13.8 Å². The van der Waals surface area contributed by atoms with Crippen LogP contribution in [0.25, 0.3) is 6.08 Å². The first-order valence-electron chi connectivity index (χ1n) is 9.67. The Morgan fingerprint density at radius 3 is 2.07 bits per heavy atom. The fraction of sp³-hybridized carbons (Fsp3) is 0.208. The number of carbonyl (C=O) groups excluding carboxylic acids is 1. The summed E-state index contributed by atoms with van der Waals surface area (Å²) in [7, 11) is 0. The van der Waals surface area contributed by atoms with E-state index in [0.717, 1.165) is 28.3 Å². The molecule has 0 fully saturated rings. The summed E-state index contributed by atoms with van der Waals surface area (Å²) in [4.78, 5) is 20.9. The number of carbonyl (C=O) groups is 1. The molecule has 0 spiro atoms. The second kappa shape index (κ2) is 9.15. The fourth-order valence-electron chi connectivity index (χ4n) is 2.90. The average molecular weight is 386 g/mol. The number of benzene rings is 2. The van der Waals surface area contributed by atoms with Gasteiger partial charge in [0, 0.05) is 28.8 Å². The topological polar surface area (TPSA) is 66.9 Å². The maximum absolute atomic E-state index is 12.2. The smallest absolute Gasteiger partial charge is 0.248 e. The molecule has 5 nitrogen and oxygen atoms in total. The lowest BCUT2D eigenvalue weighted by Gasteiger charge is -2.08. The molecule has 0 saturated heterocycles. The highest BCUT2D eigenvalue weighted by Crippen LogP contribution is 2.18. The van der Waals surface area contributed by atoms with Gasteiger partial charge in [-0.25, -0.2) is 9.97 Å². The van der Waals surface area contributed by atoms with E-state index < -0.39 is 0 Å². The van der Waals surface area contributed by atoms with Gasteiger partial charge >= 0.3 is 0 Å². The van der Waals surface area contributed by atoms with Crippen molar-refractivity contribution in [1.29, 1.82) is 0 Å². The highest BCUT2D eigenvalue weighted by atomic mass is 16.1. The van der Waals surface area contributed by atoms with Crippen molar-refractivity contribution in [2.24, 2.45) is 0 Å². The van der Waals surface area contributed by atoms with Gasteiger partial charge in [0.25, 0.3) is 0 Å². The average Bonchev–Trinajstić information content (AvgIpc) is 2.67. The third-order valence-electron chi connectivity index (χ3n) is 4.42. The third-order valence-corrected chi connectivity index (χ3v) is 4.42. The van der Waals surface area contributed by atoms with Crippen molar-refractivity contribution in [2.75, 3.05) is 10.6 Å². The Balaban J connectivity index is 1.58. The summed E-state index contributed by atoms with van der Waals surface area (Å²) >= 11 is 0. The Labute approximate surface area is 171 Å². The maximum atomic E-state index is 12.2. The molecule has 0 aliphatic carbocycles. The van der Waals surface area contributed by atoms with Gasteiger partial charge < -0.3 is 10.6 Å². The van der Waals surface area contributed by atoms with Gasteiger partial charge in [0.1, 0.15) is 0 Å². The second-order valence-electron chi connectivity index (χ2n) is 7.32. The molecule has 0 saturated carbocycles. The molecule has 2 aromatic carbocycles. The summed E-state index contributed by atoms with van der Waals surface area (Å²) < 4.78 is 0. The zero-order valence-corrected chi connectivity index (χ0v) is 17.2. The SMILES string of the molecule is Cc1cc(C)nc(Nc2ccc(NC(=O)/C=C/c3ccc(C(C)C)cc3)cc2)n1. The minimum absolute atomic E-state index is 0.170. The van der Waals surface area contributed by atoms with Crippen LogP contribution in [-0.2, 0) is 4.79 Å². The van der Waals surface area contributed by atoms with Gasteiger partial charge in [0.05, 0.1) is 0 Å². The normalized spacial score (nSPS) is 11.1. The number of rotatable bonds is 6. The third kappa shape index (κ3) is 6.01. The van der Waals surface area contributed by atoms with Crippen LogP contribution in [0.4, 0.5) is 17.3 Å². The Hall–Kier alpha value is -3.47. The molecule has 0 unspecified atom stereocenters. The van der Waals surface area contributed by atoms with Gasteiger partial charge in [-0.1, -0.05) is 38.1 Å². The zero-order valence-electron chi connectivity index (χ0n) is 17.2. The first-order chi connectivity index (χ1) is 13.9.